The minimum Gasteiger partial charge on any atom is -0.497 e. The van der Waals surface area contributed by atoms with Crippen molar-refractivity contribution < 1.29 is 14.3 Å². The molecule has 2 aliphatic rings. The third-order valence-electron chi connectivity index (χ3n) is 5.48. The molecule has 6 nitrogen and oxygen atoms in total. The highest BCUT2D eigenvalue weighted by molar-refractivity contribution is 7.80. The minimum atomic E-state index is 0.233. The summed E-state index contributed by atoms with van der Waals surface area (Å²) in [4.78, 5) is 16.8. The Morgan fingerprint density at radius 2 is 1.70 bits per heavy atom. The molecule has 1 N–H and O–H groups in total. The number of amides is 1. The van der Waals surface area contributed by atoms with E-state index >= 15 is 0 Å². The van der Waals surface area contributed by atoms with Gasteiger partial charge in [-0.3, -0.25) is 4.79 Å². The molecule has 0 bridgehead atoms. The lowest BCUT2D eigenvalue weighted by molar-refractivity contribution is -0.137. The largest absolute Gasteiger partial charge is 0.497 e. The number of ether oxygens (including phenoxy) is 2. The molecule has 7 heteroatoms. The fraction of sp³-hybridized carbons (Fsp3) is 0.600. The Hall–Kier alpha value is -2.02. The molecule has 1 amide bonds. The number of piperazine rings is 1. The zero-order chi connectivity index (χ0) is 19.2. The van der Waals surface area contributed by atoms with Gasteiger partial charge >= 0.3 is 0 Å². The number of rotatable bonds is 4. The van der Waals surface area contributed by atoms with Crippen LogP contribution in [0.2, 0.25) is 0 Å². The second kappa shape index (κ2) is 9.26. The predicted molar refractivity (Wildman–Crippen MR) is 110 cm³/mol. The molecule has 0 unspecified atom stereocenters. The molecule has 1 saturated carbocycles. The molecule has 0 spiro atoms. The second-order valence-corrected chi connectivity index (χ2v) is 7.53. The fourth-order valence-electron chi connectivity index (χ4n) is 3.84. The van der Waals surface area contributed by atoms with Crippen LogP contribution in [0.1, 0.15) is 32.1 Å². The van der Waals surface area contributed by atoms with Crippen molar-refractivity contribution in [2.45, 2.75) is 32.1 Å². The van der Waals surface area contributed by atoms with Crippen LogP contribution in [-0.4, -0.2) is 61.2 Å². The third-order valence-corrected chi connectivity index (χ3v) is 5.84. The summed E-state index contributed by atoms with van der Waals surface area (Å²) in [6, 6.07) is 5.57. The summed E-state index contributed by atoms with van der Waals surface area (Å²) >= 11 is 5.59. The van der Waals surface area contributed by atoms with Crippen LogP contribution in [0, 0.1) is 5.92 Å². The van der Waals surface area contributed by atoms with Gasteiger partial charge in [-0.15, -0.1) is 0 Å². The number of benzene rings is 1. The fourth-order valence-corrected chi connectivity index (χ4v) is 4.14. The molecule has 1 heterocycles. The van der Waals surface area contributed by atoms with Crippen LogP contribution in [0.15, 0.2) is 18.2 Å². The van der Waals surface area contributed by atoms with Gasteiger partial charge in [0.25, 0.3) is 0 Å². The lowest BCUT2D eigenvalue weighted by atomic mass is 9.88. The van der Waals surface area contributed by atoms with E-state index in [1.807, 2.05) is 23.1 Å². The van der Waals surface area contributed by atoms with Gasteiger partial charge in [-0.2, -0.15) is 0 Å². The van der Waals surface area contributed by atoms with Crippen LogP contribution in [0.25, 0.3) is 0 Å². The van der Waals surface area contributed by atoms with Gasteiger partial charge in [0.15, 0.2) is 5.11 Å². The van der Waals surface area contributed by atoms with Crippen molar-refractivity contribution in [1.82, 2.24) is 9.80 Å². The molecule has 1 aliphatic heterocycles. The van der Waals surface area contributed by atoms with E-state index in [-0.39, 0.29) is 5.92 Å². The summed E-state index contributed by atoms with van der Waals surface area (Å²) in [5.41, 5.74) is 0.780. The van der Waals surface area contributed by atoms with Gasteiger partial charge in [0.05, 0.1) is 19.9 Å². The molecular weight excluding hydrogens is 362 g/mol. The average molecular weight is 392 g/mol. The van der Waals surface area contributed by atoms with Crippen LogP contribution in [0.3, 0.4) is 0 Å². The van der Waals surface area contributed by atoms with Crippen molar-refractivity contribution in [3.63, 3.8) is 0 Å². The van der Waals surface area contributed by atoms with Gasteiger partial charge < -0.3 is 24.6 Å². The molecule has 0 aromatic heterocycles. The Bertz CT molecular complexity index is 668. The quantitative estimate of drug-likeness (QED) is 0.796. The molecule has 1 aromatic rings. The van der Waals surface area contributed by atoms with Gasteiger partial charge in [-0.25, -0.2) is 0 Å². The van der Waals surface area contributed by atoms with E-state index in [0.717, 1.165) is 50.5 Å². The Balaban J connectivity index is 1.55. The first-order chi connectivity index (χ1) is 13.1. The van der Waals surface area contributed by atoms with Gasteiger partial charge in [0.2, 0.25) is 5.91 Å². The zero-order valence-corrected chi connectivity index (χ0v) is 17.0. The first-order valence-corrected chi connectivity index (χ1v) is 10.1. The van der Waals surface area contributed by atoms with E-state index in [1.165, 1.54) is 19.3 Å². The molecule has 148 valence electrons. The highest BCUT2D eigenvalue weighted by Crippen LogP contribution is 2.29. The number of thiocarbonyl (C=S) groups is 1. The van der Waals surface area contributed by atoms with Crippen LogP contribution in [0.5, 0.6) is 11.5 Å². The molecular formula is C20H29N3O3S. The first kappa shape index (κ1) is 19.7. The smallest absolute Gasteiger partial charge is 0.225 e. The first-order valence-electron chi connectivity index (χ1n) is 9.69. The molecule has 3 rings (SSSR count). The van der Waals surface area contributed by atoms with Crippen LogP contribution >= 0.6 is 12.2 Å². The van der Waals surface area contributed by atoms with Gasteiger partial charge in [0.1, 0.15) is 11.5 Å². The van der Waals surface area contributed by atoms with Crippen molar-refractivity contribution >= 4 is 28.9 Å². The highest BCUT2D eigenvalue weighted by Gasteiger charge is 2.29. The van der Waals surface area contributed by atoms with Crippen molar-refractivity contribution in [2.24, 2.45) is 5.92 Å². The minimum absolute atomic E-state index is 0.233. The zero-order valence-electron chi connectivity index (χ0n) is 16.2. The molecule has 1 aromatic carbocycles. The molecule has 1 aliphatic carbocycles. The molecule has 27 heavy (non-hydrogen) atoms. The van der Waals surface area contributed by atoms with Crippen LogP contribution in [-0.2, 0) is 4.79 Å². The predicted octanol–water partition coefficient (Wildman–Crippen LogP) is 3.13. The molecule has 0 radical (unpaired) electrons. The number of anilines is 1. The Morgan fingerprint density at radius 3 is 2.33 bits per heavy atom. The van der Waals surface area contributed by atoms with E-state index in [2.05, 4.69) is 10.2 Å². The summed E-state index contributed by atoms with van der Waals surface area (Å²) in [6.07, 6.45) is 5.74. The molecule has 2 fully saturated rings. The van der Waals surface area contributed by atoms with Crippen molar-refractivity contribution in [1.29, 1.82) is 0 Å². The molecule has 1 saturated heterocycles. The maximum atomic E-state index is 12.7. The summed E-state index contributed by atoms with van der Waals surface area (Å²) in [6.45, 7) is 2.95. The Kier molecular flexibility index (Phi) is 6.77. The Morgan fingerprint density at radius 1 is 1.04 bits per heavy atom. The average Bonchev–Trinajstić information content (AvgIpc) is 2.73. The van der Waals surface area contributed by atoms with Gasteiger partial charge in [-0.05, 0) is 37.2 Å². The van der Waals surface area contributed by atoms with Crippen LogP contribution in [0.4, 0.5) is 5.69 Å². The van der Waals surface area contributed by atoms with Crippen LogP contribution < -0.4 is 14.8 Å². The lowest BCUT2D eigenvalue weighted by Crippen LogP contribution is -2.53. The maximum Gasteiger partial charge on any atom is 0.225 e. The number of carbonyl (C=O) groups is 1. The van der Waals surface area contributed by atoms with E-state index in [9.17, 15) is 4.79 Å². The number of hydrogen-bond donors (Lipinski definition) is 1. The van der Waals surface area contributed by atoms with E-state index in [0.29, 0.717) is 16.8 Å². The van der Waals surface area contributed by atoms with Crippen molar-refractivity contribution in [2.75, 3.05) is 45.7 Å². The number of nitrogens with zero attached hydrogens (tertiary/aromatic N) is 2. The topological polar surface area (TPSA) is 54.0 Å². The second-order valence-electron chi connectivity index (χ2n) is 7.14. The van der Waals surface area contributed by atoms with Crippen molar-refractivity contribution in [3.05, 3.63) is 18.2 Å². The number of carbonyl (C=O) groups excluding carboxylic acids is 1. The summed E-state index contributed by atoms with van der Waals surface area (Å²) in [5.74, 6) is 2.02. The maximum absolute atomic E-state index is 12.7. The van der Waals surface area contributed by atoms with Gasteiger partial charge in [-0.1, -0.05) is 19.3 Å². The van der Waals surface area contributed by atoms with Gasteiger partial charge in [0, 0.05) is 38.2 Å². The van der Waals surface area contributed by atoms with E-state index in [4.69, 9.17) is 21.7 Å². The summed E-state index contributed by atoms with van der Waals surface area (Å²) in [5, 5.41) is 3.91. The molecule has 0 atom stereocenters. The third kappa shape index (κ3) is 4.83. The number of hydrogen-bond acceptors (Lipinski definition) is 4. The number of nitrogens with one attached hydrogen (secondary N) is 1. The van der Waals surface area contributed by atoms with E-state index in [1.54, 1.807) is 14.2 Å². The number of methoxy groups -OCH3 is 2. The highest BCUT2D eigenvalue weighted by atomic mass is 32.1. The normalized spacial score (nSPS) is 18.1. The van der Waals surface area contributed by atoms with Crippen molar-refractivity contribution in [3.8, 4) is 11.5 Å². The van der Waals surface area contributed by atoms with E-state index < -0.39 is 0 Å². The standard InChI is InChI=1S/C20H29N3O3S/c1-25-16-8-9-18(26-2)17(14-16)21-20(27)23-12-10-22(11-13-23)19(24)15-6-4-3-5-7-15/h8-9,14-15H,3-7,10-13H2,1-2H3,(H,21,27). The lowest BCUT2D eigenvalue weighted by Gasteiger charge is -2.38. The Labute approximate surface area is 166 Å². The summed E-state index contributed by atoms with van der Waals surface area (Å²) in [7, 11) is 3.26. The monoisotopic (exact) mass is 391 g/mol. The summed E-state index contributed by atoms with van der Waals surface area (Å²) < 4.78 is 10.7. The SMILES string of the molecule is COc1ccc(OC)c(NC(=S)N2CCN(C(=O)C3CCCCC3)CC2)c1.